The summed E-state index contributed by atoms with van der Waals surface area (Å²) in [4.78, 5) is 69.8. The van der Waals surface area contributed by atoms with Gasteiger partial charge in [0.05, 0.1) is 0 Å². The molecule has 4 aliphatic rings. The van der Waals surface area contributed by atoms with Crippen LogP contribution in [0.15, 0.2) is 186 Å². The Hall–Kier alpha value is -8.26. The number of aliphatic imine (C=N–C) groups is 2. The number of aryl methyl sites for hydroxylation is 1. The van der Waals surface area contributed by atoms with Crippen molar-refractivity contribution in [3.63, 3.8) is 0 Å². The smallest absolute Gasteiger partial charge is 0.321 e. The Morgan fingerprint density at radius 1 is 0.514 bits per heavy atom. The fraction of sp³-hybridized carbons (Fsp3) is 0.276. The van der Waals surface area contributed by atoms with E-state index in [4.69, 9.17) is 21.5 Å². The Bertz CT molecular complexity index is 2790. The Balaban J connectivity index is 0.000000178. The summed E-state index contributed by atoms with van der Waals surface area (Å²) < 4.78 is 0. The number of nitrogens with two attached hydrogens (primary N) is 2. The van der Waals surface area contributed by atoms with Crippen molar-refractivity contribution in [1.29, 1.82) is 0 Å². The van der Waals surface area contributed by atoms with Crippen LogP contribution in [0.4, 0.5) is 15.3 Å². The molecule has 0 saturated carbocycles. The number of nitrogens with one attached hydrogen (secondary N) is 2. The van der Waals surface area contributed by atoms with Gasteiger partial charge in [0.1, 0.15) is 0 Å². The molecular weight excluding hydrogens is 901 g/mol. The second-order valence-corrected chi connectivity index (χ2v) is 19.0. The number of hydrogen-bond acceptors (Lipinski definition) is 8. The lowest BCUT2D eigenvalue weighted by Gasteiger charge is -2.34. The zero-order valence-electron chi connectivity index (χ0n) is 40.6. The average Bonchev–Trinajstić information content (AvgIpc) is 3.84. The quantitative estimate of drug-likeness (QED) is 0.102. The molecule has 6 aromatic carbocycles. The number of urea groups is 2. The predicted octanol–water partition coefficient (Wildman–Crippen LogP) is 8.05. The highest BCUT2D eigenvalue weighted by molar-refractivity contribution is 6.10. The summed E-state index contributed by atoms with van der Waals surface area (Å²) in [5.74, 6) is 0.706. The van der Waals surface area contributed by atoms with Gasteiger partial charge in [0.15, 0.2) is 23.0 Å². The van der Waals surface area contributed by atoms with Crippen LogP contribution in [0.5, 0.6) is 0 Å². The van der Waals surface area contributed by atoms with Crippen LogP contribution in [0.25, 0.3) is 0 Å². The average molecular weight is 963 g/mol. The number of anilines is 1. The lowest BCUT2D eigenvalue weighted by atomic mass is 9.82. The molecular formula is C58H62N10O4. The molecule has 10 rings (SSSR count). The maximum Gasteiger partial charge on any atom is 0.321 e. The van der Waals surface area contributed by atoms with Crippen LogP contribution < -0.4 is 22.1 Å². The van der Waals surface area contributed by atoms with Crippen molar-refractivity contribution in [2.75, 3.05) is 44.6 Å². The zero-order chi connectivity index (χ0) is 50.1. The summed E-state index contributed by atoms with van der Waals surface area (Å²) in [5.41, 5.74) is 16.6. The van der Waals surface area contributed by atoms with E-state index in [-0.39, 0.29) is 47.6 Å². The number of likely N-dealkylation sites (tertiary alicyclic amines) is 2. The third kappa shape index (κ3) is 10.3. The van der Waals surface area contributed by atoms with E-state index >= 15 is 0 Å². The molecule has 0 unspecified atom stereocenters. The normalized spacial score (nSPS) is 17.7. The molecule has 14 nitrogen and oxygen atoms in total. The van der Waals surface area contributed by atoms with Crippen molar-refractivity contribution in [1.82, 2.24) is 24.9 Å². The second-order valence-electron chi connectivity index (χ2n) is 19.0. The molecule has 0 atom stereocenters. The standard InChI is InChI=1S/2C29H31N5O2/c1-21-12-14-25(15-13-21)31-28(36)33-18-16-22(17-19-33)20-34-26(35)29(32-27(34)30,23-8-4-2-5-9-23)24-10-6-3-7-11-24;30-27-32-29(24-12-6-2-7-13-24,25-14-8-3-9-15-25)26(35)34(27)21-23-16-18-33(19-17-23)28(36)31-20-22-10-4-1-5-11-22/h2-15,22H,16-20H2,1H3,(H2,30,32)(H,31,36);1-15,23H,16-21H2,(H2,30,32)(H,31,36). The van der Waals surface area contributed by atoms with Crippen LogP contribution in [0.1, 0.15) is 59.1 Å². The molecule has 0 radical (unpaired) electrons. The molecule has 0 spiro atoms. The molecule has 2 fully saturated rings. The first kappa shape index (κ1) is 48.8. The van der Waals surface area contributed by atoms with Gasteiger partial charge in [0.2, 0.25) is 0 Å². The third-order valence-electron chi connectivity index (χ3n) is 14.3. The van der Waals surface area contributed by atoms with E-state index in [2.05, 4.69) is 10.6 Å². The summed E-state index contributed by atoms with van der Waals surface area (Å²) in [6, 6.07) is 56.0. The van der Waals surface area contributed by atoms with Crippen LogP contribution in [-0.2, 0) is 27.2 Å². The van der Waals surface area contributed by atoms with Gasteiger partial charge in [-0.15, -0.1) is 0 Å². The number of hydrogen-bond donors (Lipinski definition) is 4. The van der Waals surface area contributed by atoms with E-state index < -0.39 is 11.1 Å². The highest BCUT2D eigenvalue weighted by Gasteiger charge is 2.52. The van der Waals surface area contributed by atoms with E-state index in [1.54, 1.807) is 9.80 Å². The van der Waals surface area contributed by atoms with Crippen molar-refractivity contribution in [2.24, 2.45) is 33.3 Å². The minimum atomic E-state index is -1.18. The molecule has 6 amide bonds. The number of piperidine rings is 2. The molecule has 0 aliphatic carbocycles. The Morgan fingerprint density at radius 3 is 1.24 bits per heavy atom. The van der Waals surface area contributed by atoms with Crippen molar-refractivity contribution >= 4 is 41.5 Å². The number of carbonyl (C=O) groups is 4. The van der Waals surface area contributed by atoms with Crippen molar-refractivity contribution in [3.8, 4) is 0 Å². The van der Waals surface area contributed by atoms with Gasteiger partial charge in [-0.2, -0.15) is 0 Å². The fourth-order valence-corrected chi connectivity index (χ4v) is 10.2. The lowest BCUT2D eigenvalue weighted by Crippen LogP contribution is -2.49. The maximum atomic E-state index is 14.0. The summed E-state index contributed by atoms with van der Waals surface area (Å²) in [7, 11) is 0. The Labute approximate surface area is 421 Å². The molecule has 4 aliphatic heterocycles. The van der Waals surface area contributed by atoms with E-state index in [0.717, 1.165) is 64.8 Å². The van der Waals surface area contributed by atoms with E-state index in [1.165, 1.54) is 0 Å². The highest BCUT2D eigenvalue weighted by Crippen LogP contribution is 2.42. The lowest BCUT2D eigenvalue weighted by molar-refractivity contribution is -0.131. The summed E-state index contributed by atoms with van der Waals surface area (Å²) >= 11 is 0. The SMILES string of the molecule is Cc1ccc(NC(=O)N2CCC(CN3C(=O)C(c4ccccc4)(c4ccccc4)N=C3N)CC2)cc1.NC1=NC(c2ccccc2)(c2ccccc2)C(=O)N1CC1CCN(C(=O)NCc2ccccc2)CC1. The van der Waals surface area contributed by atoms with Gasteiger partial charge in [-0.05, 0) is 84.4 Å². The number of guanidine groups is 2. The van der Waals surface area contributed by atoms with E-state index in [1.807, 2.05) is 193 Å². The van der Waals surface area contributed by atoms with Crippen LogP contribution in [0.3, 0.4) is 0 Å². The van der Waals surface area contributed by atoms with Gasteiger partial charge in [0.25, 0.3) is 11.8 Å². The van der Waals surface area contributed by atoms with Crippen LogP contribution in [0.2, 0.25) is 0 Å². The van der Waals surface area contributed by atoms with Gasteiger partial charge in [-0.1, -0.05) is 169 Å². The Morgan fingerprint density at radius 2 is 0.861 bits per heavy atom. The molecule has 4 heterocycles. The predicted molar refractivity (Wildman–Crippen MR) is 281 cm³/mol. The van der Waals surface area contributed by atoms with Gasteiger partial charge in [-0.25, -0.2) is 19.6 Å². The zero-order valence-corrected chi connectivity index (χ0v) is 40.6. The molecule has 14 heteroatoms. The number of amides is 6. The number of carbonyl (C=O) groups excluding carboxylic acids is 4. The molecule has 72 heavy (non-hydrogen) atoms. The van der Waals surface area contributed by atoms with E-state index in [9.17, 15) is 19.2 Å². The monoisotopic (exact) mass is 962 g/mol. The molecule has 368 valence electrons. The first-order valence-corrected chi connectivity index (χ1v) is 24.8. The van der Waals surface area contributed by atoms with E-state index in [0.29, 0.717) is 45.8 Å². The topological polar surface area (TPSA) is 182 Å². The van der Waals surface area contributed by atoms with Crippen molar-refractivity contribution < 1.29 is 19.2 Å². The first-order valence-electron chi connectivity index (χ1n) is 24.8. The van der Waals surface area contributed by atoms with Gasteiger partial charge in [-0.3, -0.25) is 19.4 Å². The van der Waals surface area contributed by atoms with Crippen LogP contribution >= 0.6 is 0 Å². The van der Waals surface area contributed by atoms with Crippen molar-refractivity contribution in [2.45, 2.75) is 50.2 Å². The molecule has 0 aromatic heterocycles. The summed E-state index contributed by atoms with van der Waals surface area (Å²) in [6.45, 7) is 6.06. The van der Waals surface area contributed by atoms with Crippen LogP contribution in [-0.4, -0.2) is 94.7 Å². The number of benzene rings is 6. The molecule has 2 saturated heterocycles. The first-order chi connectivity index (χ1) is 35.0. The number of nitrogens with zero attached hydrogens (tertiary/aromatic N) is 6. The summed E-state index contributed by atoms with van der Waals surface area (Å²) in [6.07, 6.45) is 3.20. The van der Waals surface area contributed by atoms with Crippen LogP contribution in [0, 0.1) is 18.8 Å². The highest BCUT2D eigenvalue weighted by atomic mass is 16.2. The molecule has 6 N–H and O–H groups in total. The Kier molecular flexibility index (Phi) is 14.8. The maximum absolute atomic E-state index is 14.0. The third-order valence-corrected chi connectivity index (χ3v) is 14.3. The molecule has 0 bridgehead atoms. The molecule has 6 aromatic rings. The minimum Gasteiger partial charge on any atom is -0.369 e. The fourth-order valence-electron chi connectivity index (χ4n) is 10.2. The van der Waals surface area contributed by atoms with Gasteiger partial charge in [0, 0.05) is 51.5 Å². The van der Waals surface area contributed by atoms with Gasteiger partial charge < -0.3 is 31.9 Å². The summed E-state index contributed by atoms with van der Waals surface area (Å²) in [5, 5.41) is 5.97. The minimum absolute atomic E-state index is 0.0530. The van der Waals surface area contributed by atoms with Gasteiger partial charge >= 0.3 is 12.1 Å². The second kappa shape index (κ2) is 21.8. The number of rotatable bonds is 11. The largest absolute Gasteiger partial charge is 0.369 e. The van der Waals surface area contributed by atoms with Crippen molar-refractivity contribution in [3.05, 3.63) is 209 Å².